The number of hydrogen-bond donors (Lipinski definition) is 1. The second-order valence-corrected chi connectivity index (χ2v) is 7.20. The molecule has 104 valence electrons. The molecule has 1 atom stereocenters. The molecule has 2 rings (SSSR count). The van der Waals surface area contributed by atoms with Gasteiger partial charge in [0.25, 0.3) is 0 Å². The molecule has 0 radical (unpaired) electrons. The summed E-state index contributed by atoms with van der Waals surface area (Å²) < 4.78 is 25.5. The smallest absolute Gasteiger partial charge is 0.201 e. The minimum absolute atomic E-state index is 0.153. The van der Waals surface area contributed by atoms with E-state index in [1.807, 2.05) is 10.6 Å². The van der Waals surface area contributed by atoms with Gasteiger partial charge in [-0.1, -0.05) is 19.9 Å². The topological polar surface area (TPSA) is 78.0 Å². The van der Waals surface area contributed by atoms with Crippen LogP contribution in [-0.4, -0.2) is 24.2 Å². The van der Waals surface area contributed by atoms with Crippen LogP contribution in [0.3, 0.4) is 0 Å². The summed E-state index contributed by atoms with van der Waals surface area (Å²) in [6, 6.07) is 5.30. The summed E-state index contributed by atoms with van der Waals surface area (Å²) in [5, 5.41) is 0. The predicted molar refractivity (Wildman–Crippen MR) is 76.8 cm³/mol. The van der Waals surface area contributed by atoms with Crippen LogP contribution < -0.4 is 5.73 Å². The Kier molecular flexibility index (Phi) is 3.30. The van der Waals surface area contributed by atoms with Gasteiger partial charge in [-0.3, -0.25) is 0 Å². The number of nitrogens with two attached hydrogens (primary N) is 1. The molecule has 0 aliphatic heterocycles. The fourth-order valence-corrected chi connectivity index (χ4v) is 2.96. The van der Waals surface area contributed by atoms with Gasteiger partial charge < -0.3 is 10.3 Å². The Labute approximate surface area is 113 Å². The molecule has 1 aromatic carbocycles. The van der Waals surface area contributed by atoms with Crippen LogP contribution in [0.2, 0.25) is 0 Å². The fourth-order valence-electron chi connectivity index (χ4n) is 2.13. The highest BCUT2D eigenvalue weighted by atomic mass is 32.2. The molecule has 0 saturated carbocycles. The first kappa shape index (κ1) is 13.9. The summed E-state index contributed by atoms with van der Waals surface area (Å²) in [4.78, 5) is 4.47. The molecule has 0 spiro atoms. The Hall–Kier alpha value is -1.56. The maximum atomic E-state index is 11.8. The summed E-state index contributed by atoms with van der Waals surface area (Å²) in [6.45, 7) is 6.24. The SMILES string of the molecule is CC(C)C(C)n1c(N)nc2c(S(C)(=O)=O)cccc21. The zero-order chi connectivity index (χ0) is 14.4. The summed E-state index contributed by atoms with van der Waals surface area (Å²) in [5.41, 5.74) is 7.18. The number of aromatic nitrogens is 2. The molecule has 0 saturated heterocycles. The van der Waals surface area contributed by atoms with E-state index in [-0.39, 0.29) is 10.9 Å². The first-order valence-corrected chi connectivity index (χ1v) is 8.09. The zero-order valence-electron chi connectivity index (χ0n) is 11.6. The number of nitrogen functional groups attached to an aromatic ring is 1. The highest BCUT2D eigenvalue weighted by Gasteiger charge is 2.21. The number of nitrogens with zero attached hydrogens (tertiary/aromatic N) is 2. The van der Waals surface area contributed by atoms with E-state index in [2.05, 4.69) is 25.8 Å². The van der Waals surface area contributed by atoms with E-state index in [1.165, 1.54) is 6.26 Å². The van der Waals surface area contributed by atoms with Crippen LogP contribution in [0.1, 0.15) is 26.8 Å². The molecular formula is C13H19N3O2S. The lowest BCUT2D eigenvalue weighted by atomic mass is 10.1. The van der Waals surface area contributed by atoms with Crippen molar-refractivity contribution in [3.8, 4) is 0 Å². The lowest BCUT2D eigenvalue weighted by Crippen LogP contribution is -2.13. The maximum absolute atomic E-state index is 11.8. The molecule has 2 N–H and O–H groups in total. The number of imidazole rings is 1. The fraction of sp³-hybridized carbons (Fsp3) is 0.462. The second-order valence-electron chi connectivity index (χ2n) is 5.22. The van der Waals surface area contributed by atoms with Gasteiger partial charge in [0.1, 0.15) is 5.52 Å². The summed E-state index contributed by atoms with van der Waals surface area (Å²) in [5.74, 6) is 0.730. The Morgan fingerprint density at radius 3 is 2.42 bits per heavy atom. The first-order valence-electron chi connectivity index (χ1n) is 6.20. The monoisotopic (exact) mass is 281 g/mol. The lowest BCUT2D eigenvalue weighted by molar-refractivity contribution is 0.421. The van der Waals surface area contributed by atoms with Crippen molar-refractivity contribution < 1.29 is 8.42 Å². The molecule has 1 aromatic heterocycles. The minimum Gasteiger partial charge on any atom is -0.369 e. The minimum atomic E-state index is -3.31. The molecule has 1 unspecified atom stereocenters. The van der Waals surface area contributed by atoms with Crippen molar-refractivity contribution in [3.05, 3.63) is 18.2 Å². The van der Waals surface area contributed by atoms with Crippen LogP contribution in [0.4, 0.5) is 5.95 Å². The van der Waals surface area contributed by atoms with Gasteiger partial charge >= 0.3 is 0 Å². The molecule has 0 bridgehead atoms. The number of rotatable bonds is 3. The third-order valence-electron chi connectivity index (χ3n) is 3.48. The maximum Gasteiger partial charge on any atom is 0.201 e. The number of benzene rings is 1. The molecule has 5 nitrogen and oxygen atoms in total. The van der Waals surface area contributed by atoms with Gasteiger partial charge in [0, 0.05) is 12.3 Å². The van der Waals surface area contributed by atoms with Gasteiger partial charge in [-0.25, -0.2) is 13.4 Å². The first-order chi connectivity index (χ1) is 8.73. The molecule has 19 heavy (non-hydrogen) atoms. The highest BCUT2D eigenvalue weighted by Crippen LogP contribution is 2.30. The summed E-state index contributed by atoms with van der Waals surface area (Å²) in [6.07, 6.45) is 1.18. The normalized spacial score (nSPS) is 14.2. The molecule has 0 fully saturated rings. The number of anilines is 1. The van der Waals surface area contributed by atoms with Crippen molar-refractivity contribution in [2.45, 2.75) is 31.7 Å². The van der Waals surface area contributed by atoms with E-state index in [9.17, 15) is 8.42 Å². The quantitative estimate of drug-likeness (QED) is 0.936. The van der Waals surface area contributed by atoms with E-state index in [1.54, 1.807) is 12.1 Å². The number of para-hydroxylation sites is 1. The van der Waals surface area contributed by atoms with Crippen molar-refractivity contribution in [2.24, 2.45) is 5.92 Å². The van der Waals surface area contributed by atoms with Crippen LogP contribution in [0, 0.1) is 5.92 Å². The molecule has 0 aliphatic rings. The summed E-state index contributed by atoms with van der Waals surface area (Å²) in [7, 11) is -3.31. The van der Waals surface area contributed by atoms with Gasteiger partial charge in [0.15, 0.2) is 9.84 Å². The largest absolute Gasteiger partial charge is 0.369 e. The second kappa shape index (κ2) is 4.52. The van der Waals surface area contributed by atoms with E-state index in [4.69, 9.17) is 5.73 Å². The Morgan fingerprint density at radius 1 is 1.26 bits per heavy atom. The molecule has 6 heteroatoms. The van der Waals surface area contributed by atoms with Crippen LogP contribution >= 0.6 is 0 Å². The predicted octanol–water partition coefficient (Wildman–Crippen LogP) is 2.24. The standard InChI is InChI=1S/C13H19N3O2S/c1-8(2)9(3)16-10-6-5-7-11(19(4,17)18)12(10)15-13(16)14/h5-9H,1-4H3,(H2,14,15). The van der Waals surface area contributed by atoms with Gasteiger partial charge in [0.2, 0.25) is 5.95 Å². The molecule has 0 aliphatic carbocycles. The Bertz CT molecular complexity index is 717. The highest BCUT2D eigenvalue weighted by molar-refractivity contribution is 7.91. The van der Waals surface area contributed by atoms with Crippen molar-refractivity contribution in [2.75, 3.05) is 12.0 Å². The number of sulfone groups is 1. The number of hydrogen-bond acceptors (Lipinski definition) is 4. The van der Waals surface area contributed by atoms with Crippen LogP contribution in [-0.2, 0) is 9.84 Å². The lowest BCUT2D eigenvalue weighted by Gasteiger charge is -2.19. The van der Waals surface area contributed by atoms with Gasteiger partial charge in [-0.05, 0) is 25.0 Å². The average Bonchev–Trinajstić information content (AvgIpc) is 2.61. The third kappa shape index (κ3) is 2.32. The number of fused-ring (bicyclic) bond motifs is 1. The van der Waals surface area contributed by atoms with E-state index >= 15 is 0 Å². The van der Waals surface area contributed by atoms with Crippen LogP contribution in [0.5, 0.6) is 0 Å². The van der Waals surface area contributed by atoms with Gasteiger partial charge in [-0.2, -0.15) is 0 Å². The molecule has 0 amide bonds. The van der Waals surface area contributed by atoms with Crippen molar-refractivity contribution in [1.82, 2.24) is 9.55 Å². The molecule has 2 aromatic rings. The van der Waals surface area contributed by atoms with Gasteiger partial charge in [-0.15, -0.1) is 0 Å². The van der Waals surface area contributed by atoms with E-state index in [0.29, 0.717) is 17.4 Å². The van der Waals surface area contributed by atoms with Gasteiger partial charge in [0.05, 0.1) is 10.4 Å². The molecule has 1 heterocycles. The van der Waals surface area contributed by atoms with Crippen LogP contribution in [0.25, 0.3) is 11.0 Å². The Balaban J connectivity index is 2.80. The zero-order valence-corrected chi connectivity index (χ0v) is 12.4. The van der Waals surface area contributed by atoms with Crippen molar-refractivity contribution in [3.63, 3.8) is 0 Å². The summed E-state index contributed by atoms with van der Waals surface area (Å²) >= 11 is 0. The van der Waals surface area contributed by atoms with E-state index in [0.717, 1.165) is 5.52 Å². The Morgan fingerprint density at radius 2 is 1.89 bits per heavy atom. The molecular weight excluding hydrogens is 262 g/mol. The average molecular weight is 281 g/mol. The van der Waals surface area contributed by atoms with Crippen molar-refractivity contribution in [1.29, 1.82) is 0 Å². The van der Waals surface area contributed by atoms with E-state index < -0.39 is 9.84 Å². The van der Waals surface area contributed by atoms with Crippen LogP contribution in [0.15, 0.2) is 23.1 Å². The van der Waals surface area contributed by atoms with Crippen molar-refractivity contribution >= 4 is 26.8 Å². The third-order valence-corrected chi connectivity index (χ3v) is 4.61.